The van der Waals surface area contributed by atoms with E-state index < -0.39 is 10.0 Å². The van der Waals surface area contributed by atoms with E-state index in [0.717, 1.165) is 12.0 Å². The number of piperidine rings is 1. The SMILES string of the molecule is Cc1ccc(S(=O)(=O)N2CCC(C(=O)N[C@@H](C)CC(C)(C)c3ccccc3)CC2)cc1. The van der Waals surface area contributed by atoms with E-state index in [-0.39, 0.29) is 23.3 Å². The summed E-state index contributed by atoms with van der Waals surface area (Å²) >= 11 is 0. The van der Waals surface area contributed by atoms with Gasteiger partial charge in [-0.05, 0) is 56.2 Å². The van der Waals surface area contributed by atoms with Gasteiger partial charge < -0.3 is 5.32 Å². The minimum atomic E-state index is -3.50. The van der Waals surface area contributed by atoms with Gasteiger partial charge in [-0.15, -0.1) is 0 Å². The first-order valence-electron chi connectivity index (χ1n) is 11.0. The average Bonchev–Trinajstić information content (AvgIpc) is 2.74. The van der Waals surface area contributed by atoms with Crippen LogP contribution >= 0.6 is 0 Å². The van der Waals surface area contributed by atoms with Gasteiger partial charge in [0.15, 0.2) is 0 Å². The van der Waals surface area contributed by atoms with E-state index in [9.17, 15) is 13.2 Å². The van der Waals surface area contributed by atoms with E-state index in [1.807, 2.05) is 44.2 Å². The maximum absolute atomic E-state index is 12.9. The molecule has 168 valence electrons. The van der Waals surface area contributed by atoms with E-state index in [1.165, 1.54) is 9.87 Å². The lowest BCUT2D eigenvalue weighted by Crippen LogP contribution is -2.45. The first-order chi connectivity index (χ1) is 14.6. The first kappa shape index (κ1) is 23.5. The quantitative estimate of drug-likeness (QED) is 0.696. The summed E-state index contributed by atoms with van der Waals surface area (Å²) < 4.78 is 27.2. The lowest BCUT2D eigenvalue weighted by molar-refractivity contribution is -0.126. The van der Waals surface area contributed by atoms with Crippen molar-refractivity contribution < 1.29 is 13.2 Å². The summed E-state index contributed by atoms with van der Waals surface area (Å²) in [5, 5.41) is 3.16. The molecule has 6 heteroatoms. The predicted molar refractivity (Wildman–Crippen MR) is 124 cm³/mol. The van der Waals surface area contributed by atoms with Gasteiger partial charge in [-0.2, -0.15) is 4.31 Å². The molecule has 1 fully saturated rings. The molecule has 1 amide bonds. The van der Waals surface area contributed by atoms with Gasteiger partial charge in [0, 0.05) is 25.0 Å². The molecule has 2 aromatic carbocycles. The number of nitrogens with zero attached hydrogens (tertiary/aromatic N) is 1. The van der Waals surface area contributed by atoms with Gasteiger partial charge in [0.1, 0.15) is 0 Å². The standard InChI is InChI=1S/C25H34N2O3S/c1-19-10-12-23(13-11-19)31(29,30)27-16-14-21(15-17-27)24(28)26-20(2)18-25(3,4)22-8-6-5-7-9-22/h5-13,20-21H,14-18H2,1-4H3,(H,26,28)/t20-/m0/s1. The third-order valence-electron chi connectivity index (χ3n) is 6.24. The third kappa shape index (κ3) is 5.74. The number of rotatable bonds is 7. The van der Waals surface area contributed by atoms with Gasteiger partial charge in [0.05, 0.1) is 4.90 Å². The minimum Gasteiger partial charge on any atom is -0.353 e. The summed E-state index contributed by atoms with van der Waals surface area (Å²) in [5.74, 6) is -0.115. The molecule has 0 spiro atoms. The lowest BCUT2D eigenvalue weighted by atomic mass is 9.79. The molecule has 0 radical (unpaired) electrons. The Balaban J connectivity index is 1.53. The molecule has 0 saturated carbocycles. The first-order valence-corrected chi connectivity index (χ1v) is 12.5. The van der Waals surface area contributed by atoms with E-state index in [1.54, 1.807) is 12.1 Å². The fourth-order valence-corrected chi connectivity index (χ4v) is 5.87. The predicted octanol–water partition coefficient (Wildman–Crippen LogP) is 4.27. The number of carbonyl (C=O) groups excluding carboxylic acids is 1. The summed E-state index contributed by atoms with van der Waals surface area (Å²) in [6.07, 6.45) is 1.93. The average molecular weight is 443 g/mol. The maximum atomic E-state index is 12.9. The Kier molecular flexibility index (Phi) is 7.22. The van der Waals surface area contributed by atoms with Crippen LogP contribution in [0.25, 0.3) is 0 Å². The van der Waals surface area contributed by atoms with Crippen LogP contribution in [0, 0.1) is 12.8 Å². The number of benzene rings is 2. The summed E-state index contributed by atoms with van der Waals surface area (Å²) in [7, 11) is -3.50. The molecule has 31 heavy (non-hydrogen) atoms. The van der Waals surface area contributed by atoms with Crippen LogP contribution in [0.1, 0.15) is 51.2 Å². The van der Waals surface area contributed by atoms with Crippen molar-refractivity contribution in [2.45, 2.75) is 63.3 Å². The topological polar surface area (TPSA) is 66.5 Å². The smallest absolute Gasteiger partial charge is 0.243 e. The zero-order chi connectivity index (χ0) is 22.6. The Bertz CT molecular complexity index is 977. The van der Waals surface area contributed by atoms with Crippen LogP contribution in [0.3, 0.4) is 0 Å². The molecule has 1 aliphatic rings. The molecule has 1 heterocycles. The Morgan fingerprint density at radius 2 is 1.65 bits per heavy atom. The van der Waals surface area contributed by atoms with E-state index in [4.69, 9.17) is 0 Å². The van der Waals surface area contributed by atoms with Crippen LogP contribution in [0.2, 0.25) is 0 Å². The van der Waals surface area contributed by atoms with Crippen molar-refractivity contribution >= 4 is 15.9 Å². The number of aryl methyl sites for hydroxylation is 1. The molecule has 0 aromatic heterocycles. The van der Waals surface area contributed by atoms with Crippen LogP contribution in [0.15, 0.2) is 59.5 Å². The number of nitrogens with one attached hydrogen (secondary N) is 1. The summed E-state index contributed by atoms with van der Waals surface area (Å²) in [4.78, 5) is 13.1. The molecular weight excluding hydrogens is 408 g/mol. The molecule has 0 aliphatic carbocycles. The van der Waals surface area contributed by atoms with Crippen molar-refractivity contribution in [3.8, 4) is 0 Å². The molecule has 1 atom stereocenters. The molecule has 1 aliphatic heterocycles. The zero-order valence-corrected chi connectivity index (χ0v) is 19.8. The van der Waals surface area contributed by atoms with E-state index >= 15 is 0 Å². The highest BCUT2D eigenvalue weighted by molar-refractivity contribution is 7.89. The molecule has 5 nitrogen and oxygen atoms in total. The Labute approximate surface area is 186 Å². The molecular formula is C25H34N2O3S. The monoisotopic (exact) mass is 442 g/mol. The number of amides is 1. The van der Waals surface area contributed by atoms with Crippen LogP contribution in [0.5, 0.6) is 0 Å². The van der Waals surface area contributed by atoms with Crippen molar-refractivity contribution in [1.82, 2.24) is 9.62 Å². The second-order valence-electron chi connectivity index (χ2n) is 9.36. The Morgan fingerprint density at radius 3 is 2.23 bits per heavy atom. The largest absolute Gasteiger partial charge is 0.353 e. The summed E-state index contributed by atoms with van der Waals surface area (Å²) in [6, 6.07) is 17.3. The van der Waals surface area contributed by atoms with Crippen LogP contribution in [-0.2, 0) is 20.2 Å². The van der Waals surface area contributed by atoms with E-state index in [2.05, 4.69) is 31.3 Å². The van der Waals surface area contributed by atoms with E-state index in [0.29, 0.717) is 30.8 Å². The van der Waals surface area contributed by atoms with Gasteiger partial charge in [-0.25, -0.2) is 8.42 Å². The zero-order valence-electron chi connectivity index (χ0n) is 19.0. The molecule has 3 rings (SSSR count). The van der Waals surface area contributed by atoms with Crippen molar-refractivity contribution in [1.29, 1.82) is 0 Å². The minimum absolute atomic E-state index is 0.0312. The Morgan fingerprint density at radius 1 is 1.06 bits per heavy atom. The lowest BCUT2D eigenvalue weighted by Gasteiger charge is -2.33. The highest BCUT2D eigenvalue weighted by Crippen LogP contribution is 2.29. The summed E-state index contributed by atoms with van der Waals surface area (Å²) in [6.45, 7) is 9.11. The van der Waals surface area contributed by atoms with Crippen LogP contribution in [-0.4, -0.2) is 37.8 Å². The van der Waals surface area contributed by atoms with Crippen LogP contribution < -0.4 is 5.32 Å². The number of sulfonamides is 1. The number of carbonyl (C=O) groups is 1. The second kappa shape index (κ2) is 9.53. The fraction of sp³-hybridized carbons (Fsp3) is 0.480. The fourth-order valence-electron chi connectivity index (χ4n) is 4.40. The second-order valence-corrected chi connectivity index (χ2v) is 11.3. The van der Waals surface area contributed by atoms with Crippen molar-refractivity contribution in [2.75, 3.05) is 13.1 Å². The molecule has 2 aromatic rings. The number of hydrogen-bond donors (Lipinski definition) is 1. The highest BCUT2D eigenvalue weighted by atomic mass is 32.2. The number of hydrogen-bond acceptors (Lipinski definition) is 3. The van der Waals surface area contributed by atoms with Gasteiger partial charge >= 0.3 is 0 Å². The van der Waals surface area contributed by atoms with Gasteiger partial charge in [0.2, 0.25) is 15.9 Å². The molecule has 1 saturated heterocycles. The normalized spacial score (nSPS) is 17.3. The van der Waals surface area contributed by atoms with Crippen molar-refractivity contribution in [2.24, 2.45) is 5.92 Å². The molecule has 1 N–H and O–H groups in total. The van der Waals surface area contributed by atoms with Crippen molar-refractivity contribution in [3.05, 3.63) is 65.7 Å². The van der Waals surface area contributed by atoms with Crippen molar-refractivity contribution in [3.63, 3.8) is 0 Å². The maximum Gasteiger partial charge on any atom is 0.243 e. The molecule has 0 bridgehead atoms. The Hall–Kier alpha value is -2.18. The van der Waals surface area contributed by atoms with Gasteiger partial charge in [-0.1, -0.05) is 61.9 Å². The highest BCUT2D eigenvalue weighted by Gasteiger charge is 2.33. The molecule has 0 unspecified atom stereocenters. The van der Waals surface area contributed by atoms with Gasteiger partial charge in [0.25, 0.3) is 0 Å². The summed E-state index contributed by atoms with van der Waals surface area (Å²) in [5.41, 5.74) is 2.24. The van der Waals surface area contributed by atoms with Gasteiger partial charge in [-0.3, -0.25) is 4.79 Å². The third-order valence-corrected chi connectivity index (χ3v) is 8.16. The van der Waals surface area contributed by atoms with Crippen LogP contribution in [0.4, 0.5) is 0 Å².